The maximum Gasteiger partial charge on any atom is 0.256 e. The highest BCUT2D eigenvalue weighted by Crippen LogP contribution is 2.38. The number of rotatable bonds is 4. The van der Waals surface area contributed by atoms with Crippen LogP contribution >= 0.6 is 0 Å². The summed E-state index contributed by atoms with van der Waals surface area (Å²) in [7, 11) is 0. The highest BCUT2D eigenvalue weighted by atomic mass is 16.2. The Morgan fingerprint density at radius 1 is 0.971 bits per heavy atom. The van der Waals surface area contributed by atoms with Crippen LogP contribution in [0.3, 0.4) is 0 Å². The number of aromatic amines is 1. The number of hydrogen-bond donors (Lipinski definition) is 2. The van der Waals surface area contributed by atoms with E-state index in [9.17, 15) is 9.59 Å². The lowest BCUT2D eigenvalue weighted by atomic mass is 10.00. The number of nitrogens with zero attached hydrogens (tertiary/aromatic N) is 1. The van der Waals surface area contributed by atoms with Crippen molar-refractivity contribution in [3.63, 3.8) is 0 Å². The smallest absolute Gasteiger partial charge is 0.256 e. The second-order valence-corrected chi connectivity index (χ2v) is 9.03. The van der Waals surface area contributed by atoms with Crippen molar-refractivity contribution in [2.75, 3.05) is 25.0 Å². The van der Waals surface area contributed by atoms with Crippen molar-refractivity contribution >= 4 is 27.9 Å². The van der Waals surface area contributed by atoms with Gasteiger partial charge in [0.25, 0.3) is 5.56 Å². The van der Waals surface area contributed by atoms with Crippen LogP contribution in [0.5, 0.6) is 0 Å². The zero-order chi connectivity index (χ0) is 23.1. The molecule has 2 aliphatic rings. The summed E-state index contributed by atoms with van der Waals surface area (Å²) in [5, 5.41) is 4.78. The van der Waals surface area contributed by atoms with Gasteiger partial charge in [0.2, 0.25) is 5.91 Å². The van der Waals surface area contributed by atoms with Gasteiger partial charge in [-0.2, -0.15) is 0 Å². The first-order chi connectivity index (χ1) is 16.7. The first-order valence-electron chi connectivity index (χ1n) is 11.7. The Hall–Kier alpha value is -3.96. The molecule has 2 N–H and O–H groups in total. The minimum Gasteiger partial charge on any atom is -0.325 e. The molecule has 0 unspecified atom stereocenters. The van der Waals surface area contributed by atoms with Crippen molar-refractivity contribution in [2.45, 2.75) is 12.8 Å². The van der Waals surface area contributed by atoms with Crippen molar-refractivity contribution < 1.29 is 4.79 Å². The molecule has 5 heteroatoms. The van der Waals surface area contributed by atoms with E-state index in [1.165, 1.54) is 11.1 Å². The topological polar surface area (TPSA) is 65.2 Å². The largest absolute Gasteiger partial charge is 0.325 e. The van der Waals surface area contributed by atoms with Crippen molar-refractivity contribution in [1.29, 1.82) is 0 Å². The van der Waals surface area contributed by atoms with Crippen LogP contribution in [0.15, 0.2) is 83.7 Å². The molecule has 0 fully saturated rings. The number of anilines is 1. The van der Waals surface area contributed by atoms with Gasteiger partial charge in [0.1, 0.15) is 0 Å². The average Bonchev–Trinajstić information content (AvgIpc) is 3.23. The van der Waals surface area contributed by atoms with E-state index in [4.69, 9.17) is 0 Å². The van der Waals surface area contributed by atoms with Crippen molar-refractivity contribution in [2.24, 2.45) is 0 Å². The standard InChI is InChI=1S/C29H25N3O2/c33-27(18-32-14-12-20(13-15-32)19-6-2-1-3-7-19)30-22-10-11-23-21(16-22)17-26-24-8-4-5-9-25(24)29(34)31-28(23)26/h1-12,16H,13-15,17-18H2,(H,30,33)(H,31,34). The van der Waals surface area contributed by atoms with Gasteiger partial charge in [-0.1, -0.05) is 60.7 Å². The van der Waals surface area contributed by atoms with Gasteiger partial charge in [-0.15, -0.1) is 0 Å². The molecule has 1 aromatic heterocycles. The first kappa shape index (κ1) is 20.6. The Labute approximate surface area is 197 Å². The van der Waals surface area contributed by atoms with Crippen molar-refractivity contribution in [1.82, 2.24) is 9.88 Å². The normalized spacial score (nSPS) is 15.0. The Bertz CT molecular complexity index is 1500. The van der Waals surface area contributed by atoms with E-state index in [0.29, 0.717) is 11.9 Å². The summed E-state index contributed by atoms with van der Waals surface area (Å²) in [6.07, 6.45) is 3.91. The van der Waals surface area contributed by atoms with Crippen LogP contribution in [-0.4, -0.2) is 35.4 Å². The Balaban J connectivity index is 1.15. The highest BCUT2D eigenvalue weighted by molar-refractivity contribution is 5.95. The summed E-state index contributed by atoms with van der Waals surface area (Å²) in [5.74, 6) is -0.00845. The molecule has 6 rings (SSSR count). The second kappa shape index (κ2) is 8.43. The predicted octanol–water partition coefficient (Wildman–Crippen LogP) is 4.83. The number of carbonyl (C=O) groups excluding carboxylic acids is 1. The van der Waals surface area contributed by atoms with Gasteiger partial charge in [0.05, 0.1) is 12.2 Å². The Kier molecular flexibility index (Phi) is 5.12. The number of hydrogen-bond acceptors (Lipinski definition) is 3. The van der Waals surface area contributed by atoms with E-state index in [-0.39, 0.29) is 11.5 Å². The third-order valence-corrected chi connectivity index (χ3v) is 6.87. The molecule has 3 aromatic carbocycles. The summed E-state index contributed by atoms with van der Waals surface area (Å²) in [6.45, 7) is 2.01. The van der Waals surface area contributed by atoms with E-state index < -0.39 is 0 Å². The second-order valence-electron chi connectivity index (χ2n) is 9.03. The molecular weight excluding hydrogens is 422 g/mol. The summed E-state index contributed by atoms with van der Waals surface area (Å²) < 4.78 is 0. The number of carbonyl (C=O) groups is 1. The molecule has 1 aliphatic heterocycles. The molecule has 0 bridgehead atoms. The molecule has 4 aromatic rings. The molecule has 2 heterocycles. The van der Waals surface area contributed by atoms with Crippen LogP contribution in [0.25, 0.3) is 27.6 Å². The molecule has 0 saturated carbocycles. The Morgan fingerprint density at radius 3 is 2.56 bits per heavy atom. The van der Waals surface area contributed by atoms with Gasteiger partial charge >= 0.3 is 0 Å². The monoisotopic (exact) mass is 447 g/mol. The van der Waals surface area contributed by atoms with E-state index >= 15 is 0 Å². The average molecular weight is 448 g/mol. The molecule has 0 atom stereocenters. The van der Waals surface area contributed by atoms with Gasteiger partial charge in [-0.3, -0.25) is 14.5 Å². The maximum absolute atomic E-state index is 12.7. The van der Waals surface area contributed by atoms with Crippen LogP contribution < -0.4 is 10.9 Å². The van der Waals surface area contributed by atoms with Gasteiger partial charge in [0.15, 0.2) is 0 Å². The minimum atomic E-state index is -0.0643. The summed E-state index contributed by atoms with van der Waals surface area (Å²) >= 11 is 0. The van der Waals surface area contributed by atoms with Crippen LogP contribution in [0, 0.1) is 0 Å². The molecule has 0 spiro atoms. The van der Waals surface area contributed by atoms with Gasteiger partial charge < -0.3 is 10.3 Å². The number of nitrogens with one attached hydrogen (secondary N) is 2. The van der Waals surface area contributed by atoms with E-state index in [0.717, 1.165) is 59.4 Å². The lowest BCUT2D eigenvalue weighted by Crippen LogP contribution is -2.36. The lowest BCUT2D eigenvalue weighted by molar-refractivity contribution is -0.117. The highest BCUT2D eigenvalue weighted by Gasteiger charge is 2.23. The molecule has 1 amide bonds. The van der Waals surface area contributed by atoms with Crippen LogP contribution in [0.4, 0.5) is 5.69 Å². The molecule has 1 aliphatic carbocycles. The molecule has 5 nitrogen and oxygen atoms in total. The van der Waals surface area contributed by atoms with Crippen molar-refractivity contribution in [3.8, 4) is 11.3 Å². The van der Waals surface area contributed by atoms with E-state index in [1.54, 1.807) is 0 Å². The number of H-pyrrole nitrogens is 1. The van der Waals surface area contributed by atoms with E-state index in [1.807, 2.05) is 48.5 Å². The quantitative estimate of drug-likeness (QED) is 0.415. The molecule has 168 valence electrons. The first-order valence-corrected chi connectivity index (χ1v) is 11.7. The predicted molar refractivity (Wildman–Crippen MR) is 137 cm³/mol. The Morgan fingerprint density at radius 2 is 1.76 bits per heavy atom. The van der Waals surface area contributed by atoms with Crippen LogP contribution in [0.1, 0.15) is 23.1 Å². The molecule has 0 radical (unpaired) electrons. The van der Waals surface area contributed by atoms with Crippen LogP contribution in [-0.2, 0) is 11.2 Å². The van der Waals surface area contributed by atoms with E-state index in [2.05, 4.69) is 45.5 Å². The fourth-order valence-electron chi connectivity index (χ4n) is 5.17. The SMILES string of the molecule is O=C(CN1CC=C(c2ccccc2)CC1)Nc1ccc2c(c1)Cc1c-2[nH]c(=O)c2ccccc12. The molecular formula is C29H25N3O2. The zero-order valence-corrected chi connectivity index (χ0v) is 18.8. The zero-order valence-electron chi connectivity index (χ0n) is 18.8. The lowest BCUT2D eigenvalue weighted by Gasteiger charge is -2.26. The summed E-state index contributed by atoms with van der Waals surface area (Å²) in [4.78, 5) is 30.5. The molecule has 0 saturated heterocycles. The number of pyridine rings is 1. The third-order valence-electron chi connectivity index (χ3n) is 6.87. The van der Waals surface area contributed by atoms with Crippen molar-refractivity contribution in [3.05, 3.63) is 106 Å². The van der Waals surface area contributed by atoms with Gasteiger partial charge in [-0.25, -0.2) is 0 Å². The molecule has 34 heavy (non-hydrogen) atoms. The number of aromatic nitrogens is 1. The third kappa shape index (κ3) is 3.74. The van der Waals surface area contributed by atoms with Crippen LogP contribution in [0.2, 0.25) is 0 Å². The fraction of sp³-hybridized carbons (Fsp3) is 0.172. The van der Waals surface area contributed by atoms with Gasteiger partial charge in [0, 0.05) is 36.1 Å². The number of benzene rings is 3. The summed E-state index contributed by atoms with van der Waals surface area (Å²) in [6, 6.07) is 24.1. The van der Waals surface area contributed by atoms with Gasteiger partial charge in [-0.05, 0) is 52.3 Å². The minimum absolute atomic E-state index is 0.00845. The number of fused-ring (bicyclic) bond motifs is 5. The maximum atomic E-state index is 12.7. The fourth-order valence-corrected chi connectivity index (χ4v) is 5.17. The number of amides is 1. The summed E-state index contributed by atoms with van der Waals surface area (Å²) in [5.41, 5.74) is 7.53.